The number of carbonyl (C=O) groups is 2. The van der Waals surface area contributed by atoms with E-state index in [0.29, 0.717) is 43.1 Å². The van der Waals surface area contributed by atoms with Crippen LogP contribution in [-0.4, -0.2) is 45.1 Å². The molecule has 0 unspecified atom stereocenters. The van der Waals surface area contributed by atoms with Crippen LogP contribution in [0.15, 0.2) is 78.8 Å². The maximum Gasteiger partial charge on any atom is 0.407 e. The van der Waals surface area contributed by atoms with Crippen molar-refractivity contribution in [1.82, 2.24) is 14.9 Å². The highest BCUT2D eigenvalue weighted by atomic mass is 16.4. The van der Waals surface area contributed by atoms with Crippen molar-refractivity contribution in [2.45, 2.75) is 32.2 Å². The molecule has 1 aliphatic rings. The summed E-state index contributed by atoms with van der Waals surface area (Å²) in [4.78, 5) is 33.9. The largest absolute Gasteiger partial charge is 0.465 e. The third kappa shape index (κ3) is 5.66. The molecule has 3 heterocycles. The van der Waals surface area contributed by atoms with Gasteiger partial charge in [0.15, 0.2) is 0 Å². The molecule has 1 aromatic carbocycles. The van der Waals surface area contributed by atoms with E-state index >= 15 is 0 Å². The number of rotatable bonds is 7. The summed E-state index contributed by atoms with van der Waals surface area (Å²) < 4.78 is 0. The highest BCUT2D eigenvalue weighted by Crippen LogP contribution is 2.35. The van der Waals surface area contributed by atoms with Crippen LogP contribution >= 0.6 is 0 Å². The van der Waals surface area contributed by atoms with E-state index < -0.39 is 6.09 Å². The number of aromatic nitrogens is 2. The van der Waals surface area contributed by atoms with Crippen molar-refractivity contribution in [3.05, 3.63) is 95.5 Å². The third-order valence-corrected chi connectivity index (χ3v) is 6.41. The molecule has 3 N–H and O–H groups in total. The molecule has 8 heteroatoms. The fourth-order valence-electron chi connectivity index (χ4n) is 4.18. The quantitative estimate of drug-likeness (QED) is 0.422. The molecule has 2 amide bonds. The smallest absolute Gasteiger partial charge is 0.407 e. The maximum absolute atomic E-state index is 13.0. The van der Waals surface area contributed by atoms with E-state index in [0.717, 1.165) is 11.1 Å². The van der Waals surface area contributed by atoms with Gasteiger partial charge < -0.3 is 20.6 Å². The van der Waals surface area contributed by atoms with Crippen molar-refractivity contribution in [1.29, 1.82) is 0 Å². The number of carbonyl (C=O) groups excluding carboxylic acids is 1. The average molecular weight is 472 g/mol. The van der Waals surface area contributed by atoms with Crippen molar-refractivity contribution in [3.63, 3.8) is 0 Å². The fraction of sp³-hybridized carbons (Fsp3) is 0.259. The van der Waals surface area contributed by atoms with Gasteiger partial charge in [0, 0.05) is 49.3 Å². The SMILES string of the molecule is CC(C)(C1=CCN(C(=O)O)CC1)c1ccc(NC(=O)c2cccnc2NCc2ccncc2)cc1. The summed E-state index contributed by atoms with van der Waals surface area (Å²) in [6.07, 6.45) is 6.93. The van der Waals surface area contributed by atoms with Crippen molar-refractivity contribution >= 4 is 23.5 Å². The molecular formula is C27H29N5O3. The van der Waals surface area contributed by atoms with Gasteiger partial charge in [-0.1, -0.05) is 37.6 Å². The summed E-state index contributed by atoms with van der Waals surface area (Å²) in [6, 6.07) is 15.1. The monoisotopic (exact) mass is 471 g/mol. The minimum Gasteiger partial charge on any atom is -0.465 e. The minimum absolute atomic E-state index is 0.236. The van der Waals surface area contributed by atoms with Crippen LogP contribution in [0.25, 0.3) is 0 Å². The first-order valence-electron chi connectivity index (χ1n) is 11.5. The Labute approximate surface area is 204 Å². The van der Waals surface area contributed by atoms with E-state index in [-0.39, 0.29) is 11.3 Å². The van der Waals surface area contributed by atoms with E-state index in [9.17, 15) is 14.7 Å². The Balaban J connectivity index is 1.43. The lowest BCUT2D eigenvalue weighted by Gasteiger charge is -2.34. The van der Waals surface area contributed by atoms with E-state index in [1.807, 2.05) is 42.5 Å². The zero-order chi connectivity index (χ0) is 24.8. The van der Waals surface area contributed by atoms with E-state index in [2.05, 4.69) is 34.4 Å². The molecule has 180 valence electrons. The van der Waals surface area contributed by atoms with Crippen LogP contribution < -0.4 is 10.6 Å². The molecule has 2 aromatic heterocycles. The van der Waals surface area contributed by atoms with Gasteiger partial charge in [-0.3, -0.25) is 9.78 Å². The second-order valence-corrected chi connectivity index (χ2v) is 8.97. The average Bonchev–Trinajstić information content (AvgIpc) is 2.88. The second kappa shape index (κ2) is 10.4. The van der Waals surface area contributed by atoms with Gasteiger partial charge in [0.05, 0.1) is 5.56 Å². The summed E-state index contributed by atoms with van der Waals surface area (Å²) in [7, 11) is 0. The lowest BCUT2D eigenvalue weighted by Crippen LogP contribution is -2.36. The van der Waals surface area contributed by atoms with Crippen molar-refractivity contribution in [2.75, 3.05) is 23.7 Å². The van der Waals surface area contributed by atoms with Gasteiger partial charge in [0.1, 0.15) is 5.82 Å². The number of nitrogens with zero attached hydrogens (tertiary/aromatic N) is 3. The number of pyridine rings is 2. The Hall–Kier alpha value is -4.20. The first kappa shape index (κ1) is 23.9. The predicted octanol–water partition coefficient (Wildman–Crippen LogP) is 4.93. The Morgan fingerprint density at radius 1 is 1.06 bits per heavy atom. The number of hydrogen-bond acceptors (Lipinski definition) is 5. The van der Waals surface area contributed by atoms with Crippen LogP contribution in [0.1, 0.15) is 41.8 Å². The van der Waals surface area contributed by atoms with Crippen molar-refractivity contribution in [3.8, 4) is 0 Å². The fourth-order valence-corrected chi connectivity index (χ4v) is 4.18. The Bertz CT molecular complexity index is 1220. The maximum atomic E-state index is 13.0. The summed E-state index contributed by atoms with van der Waals surface area (Å²) >= 11 is 0. The van der Waals surface area contributed by atoms with Crippen LogP contribution in [-0.2, 0) is 12.0 Å². The van der Waals surface area contributed by atoms with Crippen LogP contribution in [0.5, 0.6) is 0 Å². The Morgan fingerprint density at radius 2 is 1.80 bits per heavy atom. The van der Waals surface area contributed by atoms with Crippen molar-refractivity contribution < 1.29 is 14.7 Å². The molecule has 3 aromatic rings. The molecule has 8 nitrogen and oxygen atoms in total. The highest BCUT2D eigenvalue weighted by Gasteiger charge is 2.29. The number of hydrogen-bond donors (Lipinski definition) is 3. The topological polar surface area (TPSA) is 107 Å². The Kier molecular flexibility index (Phi) is 7.10. The van der Waals surface area contributed by atoms with Gasteiger partial charge in [-0.25, -0.2) is 9.78 Å². The molecule has 0 spiro atoms. The molecular weight excluding hydrogens is 442 g/mol. The Morgan fingerprint density at radius 3 is 2.46 bits per heavy atom. The van der Waals surface area contributed by atoms with Gasteiger partial charge in [-0.2, -0.15) is 0 Å². The molecule has 4 rings (SSSR count). The zero-order valence-electron chi connectivity index (χ0n) is 19.9. The molecule has 0 aliphatic carbocycles. The van der Waals surface area contributed by atoms with E-state index in [1.165, 1.54) is 10.5 Å². The number of anilines is 2. The molecule has 35 heavy (non-hydrogen) atoms. The minimum atomic E-state index is -0.887. The molecule has 0 saturated heterocycles. The summed E-state index contributed by atoms with van der Waals surface area (Å²) in [6.45, 7) is 5.72. The van der Waals surface area contributed by atoms with Gasteiger partial charge in [-0.05, 0) is 53.9 Å². The summed E-state index contributed by atoms with van der Waals surface area (Å²) in [5.74, 6) is 0.269. The number of amides is 2. The van der Waals surface area contributed by atoms with Gasteiger partial charge in [0.25, 0.3) is 5.91 Å². The van der Waals surface area contributed by atoms with Crippen LogP contribution in [0.4, 0.5) is 16.3 Å². The molecule has 1 aliphatic heterocycles. The van der Waals surface area contributed by atoms with Crippen LogP contribution in [0.2, 0.25) is 0 Å². The molecule has 0 saturated carbocycles. The first-order valence-corrected chi connectivity index (χ1v) is 11.5. The first-order chi connectivity index (χ1) is 16.8. The van der Waals surface area contributed by atoms with Crippen LogP contribution in [0.3, 0.4) is 0 Å². The zero-order valence-corrected chi connectivity index (χ0v) is 19.9. The summed E-state index contributed by atoms with van der Waals surface area (Å²) in [5, 5.41) is 15.4. The van der Waals surface area contributed by atoms with Crippen LogP contribution in [0, 0.1) is 0 Å². The van der Waals surface area contributed by atoms with Gasteiger partial charge >= 0.3 is 6.09 Å². The normalized spacial score (nSPS) is 13.7. The third-order valence-electron chi connectivity index (χ3n) is 6.41. The summed E-state index contributed by atoms with van der Waals surface area (Å²) in [5.41, 5.74) is 4.27. The number of nitrogens with one attached hydrogen (secondary N) is 2. The molecule has 0 bridgehead atoms. The molecule has 0 fully saturated rings. The predicted molar refractivity (Wildman–Crippen MR) is 136 cm³/mol. The van der Waals surface area contributed by atoms with Gasteiger partial charge in [-0.15, -0.1) is 0 Å². The number of carboxylic acid groups (broad SMARTS) is 1. The molecule has 0 radical (unpaired) electrons. The molecule has 0 atom stereocenters. The standard InChI is InChI=1S/C27H29N5O3/c1-27(2,21-11-16-32(17-12-21)26(34)35)20-5-7-22(8-6-20)31-25(33)23-4-3-13-29-24(23)30-18-19-9-14-28-15-10-19/h3-11,13-15H,12,16-18H2,1-2H3,(H,29,30)(H,31,33)(H,34,35). The second-order valence-electron chi connectivity index (χ2n) is 8.97. The van der Waals surface area contributed by atoms with Gasteiger partial charge in [0.2, 0.25) is 0 Å². The van der Waals surface area contributed by atoms with Crippen molar-refractivity contribution in [2.24, 2.45) is 0 Å². The lowest BCUT2D eigenvalue weighted by molar-refractivity contribution is 0.102. The number of benzene rings is 1. The van der Waals surface area contributed by atoms with E-state index in [1.54, 1.807) is 30.7 Å². The lowest BCUT2D eigenvalue weighted by atomic mass is 9.75. The highest BCUT2D eigenvalue weighted by molar-refractivity contribution is 6.07. The van der Waals surface area contributed by atoms with E-state index in [4.69, 9.17) is 0 Å².